The van der Waals surface area contributed by atoms with Crippen LogP contribution in [0.2, 0.25) is 0 Å². The number of anilines is 1. The zero-order valence-corrected chi connectivity index (χ0v) is 22.6. The third kappa shape index (κ3) is 7.14. The van der Waals surface area contributed by atoms with Crippen molar-refractivity contribution in [1.82, 2.24) is 9.03 Å². The van der Waals surface area contributed by atoms with Crippen molar-refractivity contribution in [3.63, 3.8) is 0 Å². The average molecular weight is 603 g/mol. The second-order valence-corrected chi connectivity index (χ2v) is 11.7. The van der Waals surface area contributed by atoms with Crippen molar-refractivity contribution < 1.29 is 35.9 Å². The van der Waals surface area contributed by atoms with Gasteiger partial charge in [0.2, 0.25) is 5.91 Å². The van der Waals surface area contributed by atoms with E-state index in [0.29, 0.717) is 32.6 Å². The highest BCUT2D eigenvalue weighted by molar-refractivity contribution is 8.18. The lowest BCUT2D eigenvalue weighted by molar-refractivity contribution is -0.137. The number of halogens is 3. The predicted molar refractivity (Wildman–Crippen MR) is 148 cm³/mol. The Morgan fingerprint density at radius 3 is 2.24 bits per heavy atom. The maximum absolute atomic E-state index is 12.7. The van der Waals surface area contributed by atoms with Crippen molar-refractivity contribution in [3.8, 4) is 5.75 Å². The van der Waals surface area contributed by atoms with E-state index in [-0.39, 0.29) is 19.7 Å². The van der Waals surface area contributed by atoms with Gasteiger partial charge in [0.25, 0.3) is 5.91 Å². The van der Waals surface area contributed by atoms with Crippen LogP contribution in [-0.2, 0) is 39.1 Å². The molecule has 2 aliphatic rings. The molecule has 3 aromatic carbocycles. The highest BCUT2D eigenvalue weighted by Crippen LogP contribution is 2.31. The van der Waals surface area contributed by atoms with Gasteiger partial charge in [0.05, 0.1) is 17.0 Å². The molecule has 1 saturated heterocycles. The zero-order chi connectivity index (χ0) is 29.2. The first-order valence-corrected chi connectivity index (χ1v) is 14.3. The molecule has 1 fully saturated rings. The molecular weight excluding hydrogens is 581 g/mol. The lowest BCUT2D eigenvalue weighted by Gasteiger charge is -2.12. The molecule has 14 heteroatoms. The van der Waals surface area contributed by atoms with E-state index in [9.17, 15) is 31.2 Å². The summed E-state index contributed by atoms with van der Waals surface area (Å²) in [7, 11) is -3.81. The molecule has 0 aromatic heterocycles. The monoisotopic (exact) mass is 602 g/mol. The number of amides is 2. The van der Waals surface area contributed by atoms with Gasteiger partial charge in [0, 0.05) is 12.2 Å². The van der Waals surface area contributed by atoms with Crippen LogP contribution in [0.4, 0.5) is 18.9 Å². The van der Waals surface area contributed by atoms with E-state index in [1.807, 2.05) is 4.72 Å². The van der Waals surface area contributed by atoms with Crippen molar-refractivity contribution in [2.24, 2.45) is 4.99 Å². The Balaban J connectivity index is 1.13. The number of hydrogen-bond donors (Lipinski definition) is 2. The molecule has 0 saturated carbocycles. The van der Waals surface area contributed by atoms with E-state index in [0.717, 1.165) is 33.8 Å². The van der Waals surface area contributed by atoms with Crippen LogP contribution in [0.25, 0.3) is 6.08 Å². The Morgan fingerprint density at radius 1 is 0.976 bits per heavy atom. The van der Waals surface area contributed by atoms with Gasteiger partial charge in [0.15, 0.2) is 5.17 Å². The van der Waals surface area contributed by atoms with Crippen LogP contribution in [0.1, 0.15) is 22.3 Å². The standard InChI is InChI=1S/C27H21F3N4O5S2/c28-27(29,30)20-7-1-19(2-8-20)16-39-22-11-5-17(6-12-22)13-23-25(36)32-26(40-23)31-21-9-3-18(4-10-21)14-34-15-24(35)33-41(34,37)38/h1-13H,14-16H2,(H,33,35)(H,31,32,36)/b23-13-. The molecule has 0 aliphatic carbocycles. The zero-order valence-electron chi connectivity index (χ0n) is 21.0. The van der Waals surface area contributed by atoms with Gasteiger partial charge < -0.3 is 10.1 Å². The van der Waals surface area contributed by atoms with Gasteiger partial charge in [-0.05, 0) is 70.9 Å². The van der Waals surface area contributed by atoms with Gasteiger partial charge in [-0.1, -0.05) is 36.4 Å². The van der Waals surface area contributed by atoms with Crippen LogP contribution >= 0.6 is 11.8 Å². The molecule has 41 heavy (non-hydrogen) atoms. The van der Waals surface area contributed by atoms with Gasteiger partial charge in [-0.2, -0.15) is 30.9 Å². The van der Waals surface area contributed by atoms with Crippen molar-refractivity contribution in [3.05, 3.63) is 100.0 Å². The topological polar surface area (TPSA) is 117 Å². The fraction of sp³-hybridized carbons (Fsp3) is 0.148. The van der Waals surface area contributed by atoms with Crippen molar-refractivity contribution in [2.75, 3.05) is 11.9 Å². The number of nitrogens with one attached hydrogen (secondary N) is 2. The maximum atomic E-state index is 12.7. The number of aliphatic imine (C=N–C) groups is 1. The minimum absolute atomic E-state index is 0.0430. The molecule has 2 N–H and O–H groups in total. The number of hydrogen-bond acceptors (Lipinski definition) is 7. The van der Waals surface area contributed by atoms with Crippen molar-refractivity contribution in [2.45, 2.75) is 19.3 Å². The van der Waals surface area contributed by atoms with Gasteiger partial charge in [-0.3, -0.25) is 9.59 Å². The number of benzene rings is 3. The number of carbonyl (C=O) groups excluding carboxylic acids is 2. The van der Waals surface area contributed by atoms with Crippen LogP contribution in [0.3, 0.4) is 0 Å². The van der Waals surface area contributed by atoms with Crippen molar-refractivity contribution in [1.29, 1.82) is 0 Å². The minimum Gasteiger partial charge on any atom is -0.489 e. The smallest absolute Gasteiger partial charge is 0.416 e. The lowest BCUT2D eigenvalue weighted by Crippen LogP contribution is -2.29. The average Bonchev–Trinajstić information content (AvgIpc) is 3.39. The number of amidine groups is 1. The molecule has 2 aliphatic heterocycles. The first kappa shape index (κ1) is 28.4. The second-order valence-electron chi connectivity index (χ2n) is 9.01. The van der Waals surface area contributed by atoms with E-state index in [1.54, 1.807) is 54.6 Å². The van der Waals surface area contributed by atoms with Crippen molar-refractivity contribution >= 4 is 50.7 Å². The summed E-state index contributed by atoms with van der Waals surface area (Å²) < 4.78 is 70.5. The summed E-state index contributed by atoms with van der Waals surface area (Å²) in [5, 5.41) is 3.43. The van der Waals surface area contributed by atoms with Crippen LogP contribution < -0.4 is 14.8 Å². The molecule has 5 rings (SSSR count). The number of ether oxygens (including phenoxy) is 1. The summed E-state index contributed by atoms with van der Waals surface area (Å²) in [6.45, 7) is -0.0855. The van der Waals surface area contributed by atoms with Gasteiger partial charge in [-0.25, -0.2) is 4.72 Å². The summed E-state index contributed by atoms with van der Waals surface area (Å²) in [4.78, 5) is 28.2. The molecule has 0 bridgehead atoms. The van der Waals surface area contributed by atoms with Gasteiger partial charge in [0.1, 0.15) is 12.4 Å². The molecule has 0 radical (unpaired) electrons. The van der Waals surface area contributed by atoms with E-state index in [1.165, 1.54) is 12.1 Å². The molecule has 0 spiro atoms. The highest BCUT2D eigenvalue weighted by Gasteiger charge is 2.33. The number of rotatable bonds is 7. The molecule has 9 nitrogen and oxygen atoms in total. The SMILES string of the molecule is O=C1CN(Cc2ccc(NC3=NC(=O)/C(=C/c4ccc(OCc5ccc(C(F)(F)F)cc5)cc4)S3)cc2)S(=O)(=O)N1. The number of carbonyl (C=O) groups is 2. The van der Waals surface area contributed by atoms with Crippen LogP contribution in [0.5, 0.6) is 5.75 Å². The van der Waals surface area contributed by atoms with Crippen LogP contribution in [0, 0.1) is 0 Å². The quantitative estimate of drug-likeness (QED) is 0.382. The Kier molecular flexibility index (Phi) is 7.89. The first-order chi connectivity index (χ1) is 19.4. The molecule has 2 heterocycles. The third-order valence-electron chi connectivity index (χ3n) is 5.95. The summed E-state index contributed by atoms with van der Waals surface area (Å²) in [5.41, 5.74) is 1.93. The largest absolute Gasteiger partial charge is 0.489 e. The Hall–Kier alpha value is -4.14. The molecule has 212 valence electrons. The normalized spacial score (nSPS) is 17.9. The second kappa shape index (κ2) is 11.4. The number of thioether (sulfide) groups is 1. The van der Waals surface area contributed by atoms with Crippen LogP contribution in [-0.4, -0.2) is 36.2 Å². The van der Waals surface area contributed by atoms with Crippen LogP contribution in [0.15, 0.2) is 82.7 Å². The third-order valence-corrected chi connectivity index (χ3v) is 8.27. The van der Waals surface area contributed by atoms with E-state index in [4.69, 9.17) is 4.74 Å². The lowest BCUT2D eigenvalue weighted by atomic mass is 10.1. The maximum Gasteiger partial charge on any atom is 0.416 e. The fourth-order valence-corrected chi connectivity index (χ4v) is 5.80. The van der Waals surface area contributed by atoms with E-state index < -0.39 is 33.8 Å². The summed E-state index contributed by atoms with van der Waals surface area (Å²) in [6.07, 6.45) is -2.71. The predicted octanol–water partition coefficient (Wildman–Crippen LogP) is 4.54. The Bertz CT molecular complexity index is 1640. The summed E-state index contributed by atoms with van der Waals surface area (Å²) in [6, 6.07) is 18.5. The molecule has 2 amide bonds. The molecule has 0 unspecified atom stereocenters. The highest BCUT2D eigenvalue weighted by atomic mass is 32.2. The molecular formula is C27H21F3N4O5S2. The van der Waals surface area contributed by atoms with Gasteiger partial charge >= 0.3 is 16.4 Å². The summed E-state index contributed by atoms with van der Waals surface area (Å²) >= 11 is 1.16. The fourth-order valence-electron chi connectivity index (χ4n) is 3.88. The van der Waals surface area contributed by atoms with Gasteiger partial charge in [-0.15, -0.1) is 0 Å². The number of nitrogens with zero attached hydrogens (tertiary/aromatic N) is 2. The number of alkyl halides is 3. The minimum atomic E-state index is -4.39. The summed E-state index contributed by atoms with van der Waals surface area (Å²) in [5.74, 6) is -0.466. The first-order valence-electron chi connectivity index (χ1n) is 12.0. The molecule has 0 atom stereocenters. The Morgan fingerprint density at radius 2 is 1.63 bits per heavy atom. The van der Waals surface area contributed by atoms with E-state index in [2.05, 4.69) is 10.3 Å². The Labute approximate surface area is 237 Å². The molecule has 3 aromatic rings. The van der Waals surface area contributed by atoms with E-state index >= 15 is 0 Å².